The van der Waals surface area contributed by atoms with Crippen LogP contribution < -0.4 is 0 Å². The first-order valence-corrected chi connectivity index (χ1v) is 9.47. The van der Waals surface area contributed by atoms with Gasteiger partial charge in [0.1, 0.15) is 0 Å². The maximum absolute atomic E-state index is 11.7. The number of carbonyl (C=O) groups is 1. The zero-order valence-electron chi connectivity index (χ0n) is 15.5. The van der Waals surface area contributed by atoms with Crippen molar-refractivity contribution >= 4 is 5.97 Å². The lowest BCUT2D eigenvalue weighted by atomic mass is 9.76. The summed E-state index contributed by atoms with van der Waals surface area (Å²) in [7, 11) is 0. The number of rotatable bonds is 6. The molecule has 5 heteroatoms. The van der Waals surface area contributed by atoms with E-state index in [0.29, 0.717) is 5.92 Å². The second kappa shape index (κ2) is 8.80. The van der Waals surface area contributed by atoms with E-state index in [9.17, 15) is 14.9 Å². The summed E-state index contributed by atoms with van der Waals surface area (Å²) in [6.45, 7) is 1.50. The molecule has 5 nitrogen and oxygen atoms in total. The van der Waals surface area contributed by atoms with Crippen molar-refractivity contribution in [2.24, 2.45) is 5.92 Å². The highest BCUT2D eigenvalue weighted by molar-refractivity contribution is 5.67. The van der Waals surface area contributed by atoms with Crippen LogP contribution in [0, 0.1) is 16.0 Å². The largest absolute Gasteiger partial charge is 0.453 e. The Morgan fingerprint density at radius 1 is 1.07 bits per heavy atom. The number of ether oxygens (including phenoxy) is 1. The fourth-order valence-electron chi connectivity index (χ4n) is 4.09. The van der Waals surface area contributed by atoms with Gasteiger partial charge in [-0.15, -0.1) is 0 Å². The van der Waals surface area contributed by atoms with Crippen LogP contribution in [0.3, 0.4) is 0 Å². The minimum atomic E-state index is -0.434. The fraction of sp³-hybridized carbons (Fsp3) is 0.409. The maximum atomic E-state index is 11.7. The van der Waals surface area contributed by atoms with Crippen LogP contribution in [-0.4, -0.2) is 17.4 Å². The first-order chi connectivity index (χ1) is 13.0. The Hall–Kier alpha value is -2.69. The maximum Gasteiger partial charge on any atom is 0.303 e. The Balaban J connectivity index is 1.86. The van der Waals surface area contributed by atoms with E-state index < -0.39 is 6.10 Å². The minimum absolute atomic E-state index is 0.0639. The molecule has 2 aromatic rings. The highest BCUT2D eigenvalue weighted by Gasteiger charge is 2.29. The normalized spacial score (nSPS) is 20.6. The fourth-order valence-corrected chi connectivity index (χ4v) is 4.09. The second-order valence-electron chi connectivity index (χ2n) is 7.26. The summed E-state index contributed by atoms with van der Waals surface area (Å²) < 4.78 is 5.70. The third-order valence-corrected chi connectivity index (χ3v) is 5.36. The van der Waals surface area contributed by atoms with Gasteiger partial charge in [-0.25, -0.2) is 0 Å². The first-order valence-electron chi connectivity index (χ1n) is 9.47. The minimum Gasteiger partial charge on any atom is -0.453 e. The Morgan fingerprint density at radius 2 is 1.70 bits per heavy atom. The van der Waals surface area contributed by atoms with E-state index in [1.54, 1.807) is 0 Å². The van der Waals surface area contributed by atoms with Crippen molar-refractivity contribution in [3.8, 4) is 0 Å². The van der Waals surface area contributed by atoms with Crippen LogP contribution >= 0.6 is 0 Å². The predicted molar refractivity (Wildman–Crippen MR) is 103 cm³/mol. The Morgan fingerprint density at radius 3 is 2.33 bits per heavy atom. The number of benzene rings is 2. The lowest BCUT2D eigenvalue weighted by Crippen LogP contribution is -2.21. The standard InChI is InChI=1S/C22H25NO4/c1-16(24)27-22(19-7-3-2-4-8-19)21-10-6-5-9-20(21)18-13-11-17(12-14-18)15-23(25)26/h2-10,17-18,22H,11-15H2,1H3. The highest BCUT2D eigenvalue weighted by Crippen LogP contribution is 2.40. The van der Waals surface area contributed by atoms with Gasteiger partial charge in [-0.3, -0.25) is 14.9 Å². The molecule has 0 N–H and O–H groups in total. The molecule has 1 atom stereocenters. The van der Waals surface area contributed by atoms with Crippen molar-refractivity contribution in [3.05, 3.63) is 81.4 Å². The summed E-state index contributed by atoms with van der Waals surface area (Å²) in [5, 5.41) is 10.8. The number of nitro groups is 1. The van der Waals surface area contributed by atoms with Crippen LogP contribution in [0.25, 0.3) is 0 Å². The lowest BCUT2D eigenvalue weighted by Gasteiger charge is -2.30. The summed E-state index contributed by atoms with van der Waals surface area (Å²) >= 11 is 0. The molecular weight excluding hydrogens is 342 g/mol. The highest BCUT2D eigenvalue weighted by atomic mass is 16.6. The van der Waals surface area contributed by atoms with Crippen molar-refractivity contribution in [1.29, 1.82) is 0 Å². The molecule has 27 heavy (non-hydrogen) atoms. The van der Waals surface area contributed by atoms with Crippen molar-refractivity contribution in [3.63, 3.8) is 0 Å². The average molecular weight is 367 g/mol. The van der Waals surface area contributed by atoms with Crippen LogP contribution in [0.1, 0.15) is 61.3 Å². The Bertz CT molecular complexity index is 782. The molecule has 1 aliphatic carbocycles. The zero-order valence-corrected chi connectivity index (χ0v) is 15.5. The number of hydrogen-bond donors (Lipinski definition) is 0. The molecule has 1 fully saturated rings. The summed E-state index contributed by atoms with van der Waals surface area (Å²) in [6, 6.07) is 17.9. The number of esters is 1. The van der Waals surface area contributed by atoms with Gasteiger partial charge in [0.25, 0.3) is 0 Å². The van der Waals surface area contributed by atoms with Gasteiger partial charge in [-0.2, -0.15) is 0 Å². The van der Waals surface area contributed by atoms with Gasteiger partial charge in [0.2, 0.25) is 6.54 Å². The SMILES string of the molecule is CC(=O)OC(c1ccccc1)c1ccccc1C1CCC(C[N+](=O)[O-])CC1. The molecule has 0 saturated heterocycles. The number of hydrogen-bond acceptors (Lipinski definition) is 4. The van der Waals surface area contributed by atoms with Crippen LogP contribution in [0.15, 0.2) is 54.6 Å². The molecule has 0 aromatic heterocycles. The smallest absolute Gasteiger partial charge is 0.303 e. The summed E-state index contributed by atoms with van der Waals surface area (Å²) in [6.07, 6.45) is 3.15. The zero-order chi connectivity index (χ0) is 19.2. The van der Waals surface area contributed by atoms with Crippen LogP contribution in [-0.2, 0) is 9.53 Å². The molecule has 0 radical (unpaired) electrons. The summed E-state index contributed by atoms with van der Waals surface area (Å²) in [4.78, 5) is 22.3. The van der Waals surface area contributed by atoms with E-state index in [2.05, 4.69) is 6.07 Å². The van der Waals surface area contributed by atoms with Crippen LogP contribution in [0.4, 0.5) is 0 Å². The van der Waals surface area contributed by atoms with Crippen molar-refractivity contribution in [2.45, 2.75) is 44.6 Å². The molecule has 2 aromatic carbocycles. The van der Waals surface area contributed by atoms with E-state index in [0.717, 1.165) is 36.8 Å². The van der Waals surface area contributed by atoms with Gasteiger partial charge >= 0.3 is 5.97 Å². The van der Waals surface area contributed by atoms with E-state index in [4.69, 9.17) is 4.74 Å². The first kappa shape index (κ1) is 19.1. The molecule has 142 valence electrons. The van der Waals surface area contributed by atoms with Gasteiger partial charge in [-0.05, 0) is 42.7 Å². The predicted octanol–water partition coefficient (Wildman–Crippen LogP) is 4.89. The lowest BCUT2D eigenvalue weighted by molar-refractivity contribution is -0.489. The van der Waals surface area contributed by atoms with Crippen LogP contribution in [0.5, 0.6) is 0 Å². The molecule has 1 saturated carbocycles. The van der Waals surface area contributed by atoms with Gasteiger partial charge in [0.15, 0.2) is 6.10 Å². The van der Waals surface area contributed by atoms with E-state index in [1.807, 2.05) is 48.5 Å². The van der Waals surface area contributed by atoms with Crippen LogP contribution in [0.2, 0.25) is 0 Å². The Labute approximate surface area is 159 Å². The van der Waals surface area contributed by atoms with E-state index >= 15 is 0 Å². The second-order valence-corrected chi connectivity index (χ2v) is 7.26. The third kappa shape index (κ3) is 4.94. The van der Waals surface area contributed by atoms with Crippen molar-refractivity contribution in [2.75, 3.05) is 6.54 Å². The van der Waals surface area contributed by atoms with E-state index in [1.165, 1.54) is 12.5 Å². The number of carbonyl (C=O) groups excluding carboxylic acids is 1. The monoisotopic (exact) mass is 367 g/mol. The molecule has 1 aliphatic rings. The summed E-state index contributed by atoms with van der Waals surface area (Å²) in [5.74, 6) is 0.195. The van der Waals surface area contributed by atoms with Crippen molar-refractivity contribution < 1.29 is 14.5 Å². The number of nitrogens with zero attached hydrogens (tertiary/aromatic N) is 1. The molecule has 0 aliphatic heterocycles. The molecular formula is C22H25NO4. The van der Waals surface area contributed by atoms with Gasteiger partial charge in [-0.1, -0.05) is 54.6 Å². The summed E-state index contributed by atoms with van der Waals surface area (Å²) in [5.41, 5.74) is 3.14. The topological polar surface area (TPSA) is 69.4 Å². The van der Waals surface area contributed by atoms with Gasteiger partial charge < -0.3 is 4.74 Å². The molecule has 0 spiro atoms. The van der Waals surface area contributed by atoms with Gasteiger partial charge in [0.05, 0.1) is 0 Å². The average Bonchev–Trinajstić information content (AvgIpc) is 2.67. The molecule has 0 amide bonds. The van der Waals surface area contributed by atoms with Gasteiger partial charge in [0, 0.05) is 23.3 Å². The molecule has 3 rings (SSSR count). The van der Waals surface area contributed by atoms with E-state index in [-0.39, 0.29) is 23.4 Å². The quantitative estimate of drug-likeness (QED) is 0.414. The Kier molecular flexibility index (Phi) is 6.22. The van der Waals surface area contributed by atoms with Crippen molar-refractivity contribution in [1.82, 2.24) is 0 Å². The molecule has 0 heterocycles. The molecule has 1 unspecified atom stereocenters. The third-order valence-electron chi connectivity index (χ3n) is 5.36. The molecule has 0 bridgehead atoms.